The van der Waals surface area contributed by atoms with Crippen molar-refractivity contribution in [2.75, 3.05) is 0 Å². The molecule has 2 atom stereocenters. The Morgan fingerprint density at radius 3 is 2.82 bits per heavy atom. The molecule has 0 N–H and O–H groups in total. The fraction of sp³-hybridized carbons (Fsp3) is 0.667. The zero-order valence-corrected chi connectivity index (χ0v) is 11.3. The molecule has 0 spiro atoms. The van der Waals surface area contributed by atoms with Gasteiger partial charge in [-0.05, 0) is 18.3 Å². The van der Waals surface area contributed by atoms with E-state index in [1.165, 1.54) is 18.5 Å². The first-order valence-electron chi connectivity index (χ1n) is 6.42. The molecule has 1 aliphatic carbocycles. The molecule has 0 aliphatic heterocycles. The van der Waals surface area contributed by atoms with Crippen LogP contribution in [0, 0.1) is 23.2 Å². The van der Waals surface area contributed by atoms with Crippen LogP contribution in [0.3, 0.4) is 0 Å². The molecule has 1 aromatic heterocycles. The molecule has 2 heteroatoms. The van der Waals surface area contributed by atoms with Crippen LogP contribution in [0.25, 0.3) is 0 Å². The highest BCUT2D eigenvalue weighted by Gasteiger charge is 2.38. The zero-order chi connectivity index (χ0) is 12.5. The molecule has 92 valence electrons. The summed E-state index contributed by atoms with van der Waals surface area (Å²) in [7, 11) is 2.02. The van der Waals surface area contributed by atoms with Crippen molar-refractivity contribution < 1.29 is 0 Å². The van der Waals surface area contributed by atoms with Crippen LogP contribution in [0.2, 0.25) is 0 Å². The number of hydrogen-bond acceptors (Lipinski definition) is 1. The van der Waals surface area contributed by atoms with Crippen molar-refractivity contribution in [3.05, 3.63) is 18.2 Å². The summed E-state index contributed by atoms with van der Waals surface area (Å²) < 4.78 is 2.01. The standard InChI is InChI=1S/C15H22N2/c1-15(2,3)8-6-5-7-12-9-13(12)14-10-17(4)11-16-14/h10-13H,6,8-9H2,1-4H3/t12?,13-/m1/s1. The van der Waals surface area contributed by atoms with Gasteiger partial charge in [0.1, 0.15) is 0 Å². The van der Waals surface area contributed by atoms with E-state index in [1.54, 1.807) is 0 Å². The van der Waals surface area contributed by atoms with E-state index in [9.17, 15) is 0 Å². The van der Waals surface area contributed by atoms with Crippen LogP contribution in [0.15, 0.2) is 12.5 Å². The third kappa shape index (κ3) is 3.63. The zero-order valence-electron chi connectivity index (χ0n) is 11.3. The number of hydrogen-bond donors (Lipinski definition) is 0. The SMILES string of the molecule is Cn1cnc([C@@H]2CC2C#CCCC(C)(C)C)c1. The molecule has 17 heavy (non-hydrogen) atoms. The number of rotatable bonds is 2. The number of imidazole rings is 1. The predicted octanol–water partition coefficient (Wildman–Crippen LogP) is 3.35. The molecule has 1 saturated carbocycles. The highest BCUT2D eigenvalue weighted by atomic mass is 15.0. The van der Waals surface area contributed by atoms with Crippen LogP contribution in [-0.4, -0.2) is 9.55 Å². The van der Waals surface area contributed by atoms with Gasteiger partial charge in [-0.2, -0.15) is 0 Å². The average molecular weight is 230 g/mol. The Kier molecular flexibility index (Phi) is 3.28. The van der Waals surface area contributed by atoms with E-state index in [4.69, 9.17) is 0 Å². The van der Waals surface area contributed by atoms with Crippen LogP contribution < -0.4 is 0 Å². The van der Waals surface area contributed by atoms with E-state index >= 15 is 0 Å². The van der Waals surface area contributed by atoms with Gasteiger partial charge in [-0.25, -0.2) is 4.98 Å². The van der Waals surface area contributed by atoms with E-state index in [0.29, 0.717) is 17.3 Å². The van der Waals surface area contributed by atoms with Gasteiger partial charge in [-0.1, -0.05) is 26.7 Å². The molecular weight excluding hydrogens is 208 g/mol. The van der Waals surface area contributed by atoms with Crippen molar-refractivity contribution in [2.24, 2.45) is 18.4 Å². The highest BCUT2D eigenvalue weighted by molar-refractivity contribution is 5.25. The largest absolute Gasteiger partial charge is 0.340 e. The smallest absolute Gasteiger partial charge is 0.0946 e. The first-order valence-corrected chi connectivity index (χ1v) is 6.42. The minimum atomic E-state index is 0.401. The van der Waals surface area contributed by atoms with Gasteiger partial charge in [0.05, 0.1) is 12.0 Å². The summed E-state index contributed by atoms with van der Waals surface area (Å²) in [4.78, 5) is 4.39. The van der Waals surface area contributed by atoms with Gasteiger partial charge in [0, 0.05) is 31.5 Å². The van der Waals surface area contributed by atoms with Crippen LogP contribution in [0.4, 0.5) is 0 Å². The Morgan fingerprint density at radius 1 is 1.47 bits per heavy atom. The predicted molar refractivity (Wildman–Crippen MR) is 70.5 cm³/mol. The normalized spacial score (nSPS) is 23.1. The lowest BCUT2D eigenvalue weighted by molar-refractivity contribution is 0.384. The van der Waals surface area contributed by atoms with Gasteiger partial charge < -0.3 is 4.57 Å². The molecule has 0 saturated heterocycles. The quantitative estimate of drug-likeness (QED) is 0.712. The summed E-state index contributed by atoms with van der Waals surface area (Å²) in [6, 6.07) is 0. The Morgan fingerprint density at radius 2 is 2.24 bits per heavy atom. The second-order valence-corrected chi connectivity index (χ2v) is 6.29. The molecule has 1 aromatic rings. The maximum Gasteiger partial charge on any atom is 0.0946 e. The molecule has 0 bridgehead atoms. The fourth-order valence-corrected chi connectivity index (χ4v) is 1.95. The van der Waals surface area contributed by atoms with Gasteiger partial charge in [-0.3, -0.25) is 0 Å². The Labute approximate surface area is 104 Å². The molecule has 1 unspecified atom stereocenters. The van der Waals surface area contributed by atoms with Gasteiger partial charge in [0.15, 0.2) is 0 Å². The van der Waals surface area contributed by atoms with Crippen molar-refractivity contribution in [3.8, 4) is 11.8 Å². The van der Waals surface area contributed by atoms with E-state index in [-0.39, 0.29) is 0 Å². The molecular formula is C15H22N2. The summed E-state index contributed by atoms with van der Waals surface area (Å²) >= 11 is 0. The first-order chi connectivity index (χ1) is 7.96. The van der Waals surface area contributed by atoms with E-state index < -0.39 is 0 Å². The molecule has 2 nitrogen and oxygen atoms in total. The summed E-state index contributed by atoms with van der Waals surface area (Å²) in [6.07, 6.45) is 7.38. The molecule has 0 amide bonds. The monoisotopic (exact) mass is 230 g/mol. The second-order valence-electron chi connectivity index (χ2n) is 6.29. The topological polar surface area (TPSA) is 17.8 Å². The second kappa shape index (κ2) is 4.56. The number of nitrogens with zero attached hydrogens (tertiary/aromatic N) is 2. The van der Waals surface area contributed by atoms with Gasteiger partial charge in [0.2, 0.25) is 0 Å². The lowest BCUT2D eigenvalue weighted by Crippen LogP contribution is -2.03. The number of aryl methyl sites for hydroxylation is 1. The molecule has 0 radical (unpaired) electrons. The van der Waals surface area contributed by atoms with Crippen molar-refractivity contribution >= 4 is 0 Å². The fourth-order valence-electron chi connectivity index (χ4n) is 1.95. The third-order valence-corrected chi connectivity index (χ3v) is 3.18. The minimum absolute atomic E-state index is 0.401. The van der Waals surface area contributed by atoms with Crippen LogP contribution in [-0.2, 0) is 7.05 Å². The van der Waals surface area contributed by atoms with Crippen molar-refractivity contribution in [1.29, 1.82) is 0 Å². The first kappa shape index (κ1) is 12.2. The summed E-state index contributed by atoms with van der Waals surface area (Å²) in [5.74, 6) is 7.87. The molecule has 1 aliphatic rings. The Hall–Kier alpha value is -1.23. The number of aromatic nitrogens is 2. The lowest BCUT2D eigenvalue weighted by atomic mass is 9.91. The van der Waals surface area contributed by atoms with Gasteiger partial charge in [0.25, 0.3) is 0 Å². The Balaban J connectivity index is 1.78. The van der Waals surface area contributed by atoms with Crippen LogP contribution >= 0.6 is 0 Å². The van der Waals surface area contributed by atoms with Gasteiger partial charge >= 0.3 is 0 Å². The van der Waals surface area contributed by atoms with Crippen molar-refractivity contribution in [3.63, 3.8) is 0 Å². The maximum atomic E-state index is 4.39. The summed E-state index contributed by atoms with van der Waals surface area (Å²) in [6.45, 7) is 6.80. The maximum absolute atomic E-state index is 4.39. The lowest BCUT2D eigenvalue weighted by Gasteiger charge is -2.15. The van der Waals surface area contributed by atoms with Crippen LogP contribution in [0.1, 0.15) is 51.6 Å². The third-order valence-electron chi connectivity index (χ3n) is 3.18. The molecule has 1 heterocycles. The minimum Gasteiger partial charge on any atom is -0.340 e. The van der Waals surface area contributed by atoms with Crippen LogP contribution in [0.5, 0.6) is 0 Å². The highest BCUT2D eigenvalue weighted by Crippen LogP contribution is 2.46. The molecule has 1 fully saturated rings. The van der Waals surface area contributed by atoms with E-state index in [0.717, 1.165) is 6.42 Å². The summed E-state index contributed by atoms with van der Waals surface area (Å²) in [5.41, 5.74) is 1.61. The van der Waals surface area contributed by atoms with E-state index in [2.05, 4.69) is 43.8 Å². The van der Waals surface area contributed by atoms with Crippen molar-refractivity contribution in [2.45, 2.75) is 46.0 Å². The Bertz CT molecular complexity index is 439. The summed E-state index contributed by atoms with van der Waals surface area (Å²) in [5, 5.41) is 0. The molecule has 0 aromatic carbocycles. The van der Waals surface area contributed by atoms with Crippen molar-refractivity contribution in [1.82, 2.24) is 9.55 Å². The van der Waals surface area contributed by atoms with Gasteiger partial charge in [-0.15, -0.1) is 5.92 Å². The molecule has 2 rings (SSSR count). The van der Waals surface area contributed by atoms with E-state index in [1.807, 2.05) is 17.9 Å². The average Bonchev–Trinajstić information content (AvgIpc) is 2.86.